The van der Waals surface area contributed by atoms with E-state index in [-0.39, 0.29) is 0 Å². The van der Waals surface area contributed by atoms with Crippen LogP contribution in [0.1, 0.15) is 5.56 Å². The van der Waals surface area contributed by atoms with Gasteiger partial charge in [0.25, 0.3) is 0 Å². The highest BCUT2D eigenvalue weighted by Gasteiger charge is 1.75. The van der Waals surface area contributed by atoms with E-state index in [4.69, 9.17) is 5.26 Å². The van der Waals surface area contributed by atoms with E-state index in [9.17, 15) is 0 Å². The average molecular weight is 143 g/mol. The summed E-state index contributed by atoms with van der Waals surface area (Å²) >= 11 is 0. The van der Waals surface area contributed by atoms with Gasteiger partial charge < -0.3 is 0 Å². The SMILES string of the molecule is BC#N.C=Cc1ccccc1. The van der Waals surface area contributed by atoms with Crippen LogP contribution in [0.5, 0.6) is 0 Å². The molecule has 0 unspecified atom stereocenters. The van der Waals surface area contributed by atoms with Crippen molar-refractivity contribution in [2.45, 2.75) is 0 Å². The van der Waals surface area contributed by atoms with Gasteiger partial charge in [0.05, 0.1) is 0 Å². The van der Waals surface area contributed by atoms with Gasteiger partial charge in [-0.2, -0.15) is 0 Å². The van der Waals surface area contributed by atoms with Crippen molar-refractivity contribution in [3.05, 3.63) is 42.5 Å². The molecule has 1 nitrogen and oxygen atoms in total. The van der Waals surface area contributed by atoms with Crippen LogP contribution in [0, 0.1) is 11.2 Å². The third kappa shape index (κ3) is 4.98. The first-order valence-electron chi connectivity index (χ1n) is 3.33. The highest BCUT2D eigenvalue weighted by atomic mass is 14.2. The van der Waals surface area contributed by atoms with Crippen molar-refractivity contribution >= 4 is 13.9 Å². The Bertz CT molecular complexity index is 235. The zero-order valence-corrected chi connectivity index (χ0v) is 6.62. The first-order chi connectivity index (χ1) is 5.35. The van der Waals surface area contributed by atoms with Gasteiger partial charge in [0.15, 0.2) is 0 Å². The van der Waals surface area contributed by atoms with E-state index in [1.807, 2.05) is 36.4 Å². The molecule has 0 aliphatic heterocycles. The van der Waals surface area contributed by atoms with Gasteiger partial charge in [-0.05, 0) is 11.5 Å². The molecule has 1 aromatic rings. The molecule has 0 aliphatic carbocycles. The van der Waals surface area contributed by atoms with Crippen LogP contribution in [0.4, 0.5) is 0 Å². The van der Waals surface area contributed by atoms with E-state index in [2.05, 4.69) is 6.58 Å². The van der Waals surface area contributed by atoms with Crippen molar-refractivity contribution in [3.63, 3.8) is 0 Å². The van der Waals surface area contributed by atoms with E-state index in [0.717, 1.165) is 0 Å². The second-order valence-corrected chi connectivity index (χ2v) is 1.84. The van der Waals surface area contributed by atoms with Gasteiger partial charge in [0.1, 0.15) is 0 Å². The summed E-state index contributed by atoms with van der Waals surface area (Å²) in [4.78, 5) is 0. The molecule has 1 rings (SSSR count). The molecule has 2 heteroatoms. The van der Waals surface area contributed by atoms with Crippen molar-refractivity contribution < 1.29 is 0 Å². The van der Waals surface area contributed by atoms with E-state index < -0.39 is 0 Å². The monoisotopic (exact) mass is 143 g/mol. The summed E-state index contributed by atoms with van der Waals surface area (Å²) in [6, 6.07) is 10.0. The van der Waals surface area contributed by atoms with E-state index in [0.29, 0.717) is 0 Å². The zero-order chi connectivity index (χ0) is 8.53. The van der Waals surface area contributed by atoms with E-state index in [1.54, 1.807) is 5.97 Å². The molecule has 1 aromatic carbocycles. The molecule has 0 N–H and O–H groups in total. The van der Waals surface area contributed by atoms with Gasteiger partial charge in [0, 0.05) is 0 Å². The Hall–Kier alpha value is -1.49. The summed E-state index contributed by atoms with van der Waals surface area (Å²) in [6.07, 6.45) is 1.83. The molecule has 0 aromatic heterocycles. The topological polar surface area (TPSA) is 23.8 Å². The fourth-order valence-corrected chi connectivity index (χ4v) is 0.589. The Labute approximate surface area is 68.4 Å². The van der Waals surface area contributed by atoms with Crippen LogP contribution in [-0.2, 0) is 0 Å². The maximum absolute atomic E-state index is 7.32. The fraction of sp³-hybridized carbons (Fsp3) is 0. The number of nitrogens with zero attached hydrogens (tertiary/aromatic N) is 1. The van der Waals surface area contributed by atoms with Crippen LogP contribution >= 0.6 is 0 Å². The van der Waals surface area contributed by atoms with Gasteiger partial charge in [0.2, 0.25) is 7.85 Å². The van der Waals surface area contributed by atoms with Crippen molar-refractivity contribution in [1.29, 1.82) is 5.26 Å². The molecule has 0 amide bonds. The highest BCUT2D eigenvalue weighted by molar-refractivity contribution is 6.20. The minimum Gasteiger partial charge on any atom is -0.213 e. The van der Waals surface area contributed by atoms with Gasteiger partial charge in [-0.1, -0.05) is 43.0 Å². The van der Waals surface area contributed by atoms with E-state index >= 15 is 0 Å². The highest BCUT2D eigenvalue weighted by Crippen LogP contribution is 1.97. The van der Waals surface area contributed by atoms with Crippen LogP contribution in [-0.4, -0.2) is 7.85 Å². The fourth-order valence-electron chi connectivity index (χ4n) is 0.589. The maximum Gasteiger partial charge on any atom is 0.232 e. The normalized spacial score (nSPS) is 6.82. The van der Waals surface area contributed by atoms with Crippen LogP contribution in [0.3, 0.4) is 0 Å². The van der Waals surface area contributed by atoms with Gasteiger partial charge in [-0.25, -0.2) is 5.26 Å². The number of benzene rings is 1. The molecule has 0 atom stereocenters. The number of rotatable bonds is 1. The quantitative estimate of drug-likeness (QED) is 0.545. The molecular formula is C9H10BN. The minimum atomic E-state index is 1.17. The zero-order valence-electron chi connectivity index (χ0n) is 6.62. The lowest BCUT2D eigenvalue weighted by Gasteiger charge is -1.85. The predicted octanol–water partition coefficient (Wildman–Crippen LogP) is 1.43. The predicted molar refractivity (Wildman–Crippen MR) is 50.7 cm³/mol. The summed E-state index contributed by atoms with van der Waals surface area (Å²) in [6.45, 7) is 3.63. The molecule has 11 heavy (non-hydrogen) atoms. The lowest BCUT2D eigenvalue weighted by Crippen LogP contribution is -1.63. The third-order valence-electron chi connectivity index (χ3n) is 1.04. The van der Waals surface area contributed by atoms with Crippen LogP contribution < -0.4 is 0 Å². The molecule has 0 saturated heterocycles. The molecule has 0 aliphatic rings. The van der Waals surface area contributed by atoms with Gasteiger partial charge in [-0.15, -0.1) is 0 Å². The molecular weight excluding hydrogens is 133 g/mol. The lowest BCUT2D eigenvalue weighted by molar-refractivity contribution is 1.57. The molecule has 0 radical (unpaired) electrons. The van der Waals surface area contributed by atoms with Crippen LogP contribution in [0.15, 0.2) is 36.9 Å². The molecule has 0 fully saturated rings. The standard InChI is InChI=1S/C8H8.CH2BN/c1-2-8-6-4-3-5-7-8;2-1-3/h2-7H,1H2;2H2. The largest absolute Gasteiger partial charge is 0.232 e. The summed E-state index contributed by atoms with van der Waals surface area (Å²) < 4.78 is 0. The Kier molecular flexibility index (Phi) is 5.74. The smallest absolute Gasteiger partial charge is 0.213 e. The van der Waals surface area contributed by atoms with Crippen LogP contribution in [0.25, 0.3) is 6.08 Å². The number of hydrogen-bond acceptors (Lipinski definition) is 1. The minimum absolute atomic E-state index is 1.17. The Morgan fingerprint density at radius 3 is 2.09 bits per heavy atom. The Balaban J connectivity index is 0.000000292. The Morgan fingerprint density at radius 1 is 1.36 bits per heavy atom. The van der Waals surface area contributed by atoms with Crippen molar-refractivity contribution in [1.82, 2.24) is 0 Å². The Morgan fingerprint density at radius 2 is 1.82 bits per heavy atom. The summed E-state index contributed by atoms with van der Waals surface area (Å²) in [5.41, 5.74) is 1.17. The van der Waals surface area contributed by atoms with Gasteiger partial charge in [-0.3, -0.25) is 0 Å². The van der Waals surface area contributed by atoms with Crippen molar-refractivity contribution in [2.24, 2.45) is 0 Å². The second-order valence-electron chi connectivity index (χ2n) is 1.84. The maximum atomic E-state index is 7.32. The summed E-state index contributed by atoms with van der Waals surface area (Å²) in [7, 11) is 1.43. The summed E-state index contributed by atoms with van der Waals surface area (Å²) in [5, 5.41) is 7.32. The number of hydrogen-bond donors (Lipinski definition) is 0. The average Bonchev–Trinajstić information content (AvgIpc) is 2.08. The molecule has 0 saturated carbocycles. The first kappa shape index (κ1) is 9.51. The third-order valence-corrected chi connectivity index (χ3v) is 1.04. The molecule has 0 heterocycles. The van der Waals surface area contributed by atoms with Gasteiger partial charge >= 0.3 is 0 Å². The van der Waals surface area contributed by atoms with Crippen molar-refractivity contribution in [2.75, 3.05) is 0 Å². The molecule has 0 spiro atoms. The first-order valence-corrected chi connectivity index (χ1v) is 3.33. The molecule has 54 valence electrons. The lowest BCUT2D eigenvalue weighted by atomic mass is 10.2. The van der Waals surface area contributed by atoms with E-state index in [1.165, 1.54) is 13.4 Å². The summed E-state index contributed by atoms with van der Waals surface area (Å²) in [5.74, 6) is 1.75. The van der Waals surface area contributed by atoms with Crippen molar-refractivity contribution in [3.8, 4) is 5.97 Å². The van der Waals surface area contributed by atoms with Crippen LogP contribution in [0.2, 0.25) is 0 Å². The second kappa shape index (κ2) is 6.63. The number of nitriles is 1. The molecule has 0 bridgehead atoms.